The molecule has 37 heavy (non-hydrogen) atoms. The smallest absolute Gasteiger partial charge is 0.307 e. The van der Waals surface area contributed by atoms with Gasteiger partial charge in [-0.25, -0.2) is 4.98 Å². The second-order valence-corrected chi connectivity index (χ2v) is 10.3. The largest absolute Gasteiger partial charge is 0.481 e. The van der Waals surface area contributed by atoms with Gasteiger partial charge in [0.15, 0.2) is 0 Å². The molecule has 6 rings (SSSR count). The third kappa shape index (κ3) is 4.17. The number of benzene rings is 3. The number of hydrogen-bond acceptors (Lipinski definition) is 5. The summed E-state index contributed by atoms with van der Waals surface area (Å²) < 4.78 is 2.84. The standard InChI is InChI=1S/C30H24N4O2S/c1-17-4-6-19(7-5-17)28-23(15-27(35)36)18(2)12-24-29(28)37-30(33-24)25-14-21(10-11-31-25)20-8-9-26-22(13-20)16-32-34(26)3/h4-14,16H,15H2,1-3H3,(H,35,36). The Bertz CT molecular complexity index is 1820. The summed E-state index contributed by atoms with van der Waals surface area (Å²) in [6, 6.07) is 20.6. The van der Waals surface area contributed by atoms with Crippen LogP contribution in [0, 0.1) is 13.8 Å². The molecule has 7 heteroatoms. The molecule has 0 fully saturated rings. The van der Waals surface area contributed by atoms with E-state index in [1.165, 1.54) is 0 Å². The number of carboxylic acids is 1. The van der Waals surface area contributed by atoms with Gasteiger partial charge in [0.25, 0.3) is 0 Å². The number of carbonyl (C=O) groups is 1. The molecule has 182 valence electrons. The molecule has 1 N–H and O–H groups in total. The molecule has 0 aliphatic rings. The van der Waals surface area contributed by atoms with Gasteiger partial charge in [0, 0.05) is 24.2 Å². The lowest BCUT2D eigenvalue weighted by atomic mass is 9.93. The lowest BCUT2D eigenvalue weighted by Crippen LogP contribution is -2.04. The molecular weight excluding hydrogens is 480 g/mol. The number of aromatic nitrogens is 4. The molecule has 0 amide bonds. The summed E-state index contributed by atoms with van der Waals surface area (Å²) in [4.78, 5) is 21.3. The molecule has 0 aliphatic heterocycles. The molecule has 3 heterocycles. The Labute approximate surface area is 217 Å². The summed E-state index contributed by atoms with van der Waals surface area (Å²) in [5.74, 6) is -0.847. The van der Waals surface area contributed by atoms with Crippen molar-refractivity contribution in [3.8, 4) is 33.0 Å². The fourth-order valence-electron chi connectivity index (χ4n) is 4.82. The summed E-state index contributed by atoms with van der Waals surface area (Å²) in [5.41, 5.74) is 9.71. The van der Waals surface area contributed by atoms with Crippen LogP contribution in [-0.2, 0) is 18.3 Å². The average molecular weight is 505 g/mol. The van der Waals surface area contributed by atoms with Crippen LogP contribution in [-0.4, -0.2) is 30.8 Å². The number of thiazole rings is 1. The molecule has 0 aliphatic carbocycles. The van der Waals surface area contributed by atoms with E-state index in [0.29, 0.717) is 0 Å². The number of hydrogen-bond donors (Lipinski definition) is 1. The van der Waals surface area contributed by atoms with Gasteiger partial charge in [-0.15, -0.1) is 11.3 Å². The molecule has 6 aromatic rings. The second kappa shape index (κ2) is 8.94. The number of nitrogens with zero attached hydrogens (tertiary/aromatic N) is 4. The minimum atomic E-state index is -0.847. The topological polar surface area (TPSA) is 80.9 Å². The summed E-state index contributed by atoms with van der Waals surface area (Å²) in [6.07, 6.45) is 3.65. The van der Waals surface area contributed by atoms with E-state index in [2.05, 4.69) is 58.6 Å². The molecule has 0 radical (unpaired) electrons. The fraction of sp³-hybridized carbons (Fsp3) is 0.133. The van der Waals surface area contributed by atoms with Crippen LogP contribution in [0.25, 0.3) is 54.1 Å². The Kier molecular flexibility index (Phi) is 5.57. The molecule has 0 unspecified atom stereocenters. The van der Waals surface area contributed by atoms with E-state index < -0.39 is 5.97 Å². The average Bonchev–Trinajstić information content (AvgIpc) is 3.48. The molecule has 3 aromatic heterocycles. The third-order valence-corrected chi connectivity index (χ3v) is 7.85. The Morgan fingerprint density at radius 3 is 2.51 bits per heavy atom. The Balaban J connectivity index is 1.50. The van der Waals surface area contributed by atoms with E-state index >= 15 is 0 Å². The lowest BCUT2D eigenvalue weighted by Gasteiger charge is -2.13. The molecule has 3 aromatic carbocycles. The SMILES string of the molecule is Cc1ccc(-c2c(CC(=O)O)c(C)cc3nc(-c4cc(-c5ccc6c(cnn6C)c5)ccn4)sc23)cc1. The summed E-state index contributed by atoms with van der Waals surface area (Å²) in [6.45, 7) is 4.01. The number of fused-ring (bicyclic) bond motifs is 2. The molecule has 0 atom stereocenters. The van der Waals surface area contributed by atoms with Crippen molar-refractivity contribution in [2.24, 2.45) is 7.05 Å². The predicted molar refractivity (Wildman–Crippen MR) is 149 cm³/mol. The maximum absolute atomic E-state index is 11.7. The van der Waals surface area contributed by atoms with Gasteiger partial charge in [-0.3, -0.25) is 14.5 Å². The van der Waals surface area contributed by atoms with Gasteiger partial charge in [-0.1, -0.05) is 35.9 Å². The van der Waals surface area contributed by atoms with Gasteiger partial charge in [0.2, 0.25) is 0 Å². The van der Waals surface area contributed by atoms with Crippen molar-refractivity contribution < 1.29 is 9.90 Å². The van der Waals surface area contributed by atoms with Gasteiger partial charge in [0.05, 0.1) is 34.0 Å². The van der Waals surface area contributed by atoms with Crippen molar-refractivity contribution >= 4 is 38.4 Å². The summed E-state index contributed by atoms with van der Waals surface area (Å²) >= 11 is 1.56. The highest BCUT2D eigenvalue weighted by Gasteiger charge is 2.20. The van der Waals surface area contributed by atoms with Crippen LogP contribution >= 0.6 is 11.3 Å². The molecule has 6 nitrogen and oxygen atoms in total. The number of rotatable bonds is 5. The van der Waals surface area contributed by atoms with E-state index in [-0.39, 0.29) is 6.42 Å². The zero-order valence-electron chi connectivity index (χ0n) is 20.7. The van der Waals surface area contributed by atoms with Crippen LogP contribution in [0.2, 0.25) is 0 Å². The number of aliphatic carboxylic acids is 1. The lowest BCUT2D eigenvalue weighted by molar-refractivity contribution is -0.136. The van der Waals surface area contributed by atoms with Gasteiger partial charge in [0.1, 0.15) is 5.01 Å². The van der Waals surface area contributed by atoms with Crippen LogP contribution < -0.4 is 0 Å². The van der Waals surface area contributed by atoms with Crippen LogP contribution in [0.1, 0.15) is 16.7 Å². The van der Waals surface area contributed by atoms with Gasteiger partial charge >= 0.3 is 5.97 Å². The first-order chi connectivity index (χ1) is 17.9. The monoisotopic (exact) mass is 504 g/mol. The highest BCUT2D eigenvalue weighted by molar-refractivity contribution is 7.22. The Morgan fingerprint density at radius 1 is 0.973 bits per heavy atom. The van der Waals surface area contributed by atoms with E-state index in [0.717, 1.165) is 70.8 Å². The second-order valence-electron chi connectivity index (χ2n) is 9.32. The van der Waals surface area contributed by atoms with E-state index in [4.69, 9.17) is 4.98 Å². The summed E-state index contributed by atoms with van der Waals surface area (Å²) in [5, 5.41) is 15.9. The molecule has 0 bridgehead atoms. The normalized spacial score (nSPS) is 11.4. The van der Waals surface area contributed by atoms with Gasteiger partial charge in [-0.05, 0) is 72.0 Å². The fourth-order valence-corrected chi connectivity index (χ4v) is 5.93. The van der Waals surface area contributed by atoms with Crippen molar-refractivity contribution in [1.29, 1.82) is 0 Å². The highest BCUT2D eigenvalue weighted by atomic mass is 32.1. The van der Waals surface area contributed by atoms with E-state index in [9.17, 15) is 9.90 Å². The minimum absolute atomic E-state index is 0.0389. The first kappa shape index (κ1) is 23.1. The highest BCUT2D eigenvalue weighted by Crippen LogP contribution is 2.41. The van der Waals surface area contributed by atoms with Crippen LogP contribution in [0.3, 0.4) is 0 Å². The first-order valence-electron chi connectivity index (χ1n) is 12.0. The van der Waals surface area contributed by atoms with E-state index in [1.54, 1.807) is 11.3 Å². The van der Waals surface area contributed by atoms with Crippen molar-refractivity contribution in [3.05, 3.63) is 89.7 Å². The first-order valence-corrected chi connectivity index (χ1v) is 12.8. The molecule has 0 saturated heterocycles. The van der Waals surface area contributed by atoms with Gasteiger partial charge in [-0.2, -0.15) is 5.10 Å². The maximum Gasteiger partial charge on any atom is 0.307 e. The van der Waals surface area contributed by atoms with Crippen molar-refractivity contribution in [2.45, 2.75) is 20.3 Å². The van der Waals surface area contributed by atoms with Crippen molar-refractivity contribution in [1.82, 2.24) is 19.7 Å². The molecule has 0 spiro atoms. The zero-order chi connectivity index (χ0) is 25.7. The molecule has 0 saturated carbocycles. The quantitative estimate of drug-likeness (QED) is 0.279. The number of pyridine rings is 1. The zero-order valence-corrected chi connectivity index (χ0v) is 21.5. The number of carboxylic acid groups (broad SMARTS) is 1. The minimum Gasteiger partial charge on any atom is -0.481 e. The van der Waals surface area contributed by atoms with Crippen LogP contribution in [0.4, 0.5) is 0 Å². The maximum atomic E-state index is 11.7. The molecular formula is C30H24N4O2S. The Hall–Kier alpha value is -4.36. The van der Waals surface area contributed by atoms with E-state index in [1.807, 2.05) is 50.1 Å². The summed E-state index contributed by atoms with van der Waals surface area (Å²) in [7, 11) is 1.94. The number of aryl methyl sites for hydroxylation is 3. The van der Waals surface area contributed by atoms with Gasteiger partial charge < -0.3 is 5.11 Å². The Morgan fingerprint density at radius 2 is 1.73 bits per heavy atom. The van der Waals surface area contributed by atoms with Crippen LogP contribution in [0.5, 0.6) is 0 Å². The third-order valence-electron chi connectivity index (χ3n) is 6.74. The van der Waals surface area contributed by atoms with Crippen molar-refractivity contribution in [3.63, 3.8) is 0 Å². The predicted octanol–water partition coefficient (Wildman–Crippen LogP) is 6.82. The van der Waals surface area contributed by atoms with Crippen LogP contribution in [0.15, 0.2) is 73.1 Å². The van der Waals surface area contributed by atoms with Crippen molar-refractivity contribution in [2.75, 3.05) is 0 Å².